The number of hydrogen-bond acceptors (Lipinski definition) is 4. The first-order chi connectivity index (χ1) is 24.4. The first-order valence-corrected chi connectivity index (χ1v) is 18.7. The van der Waals surface area contributed by atoms with E-state index >= 15 is 0 Å². The molecule has 0 radical (unpaired) electrons. The van der Waals surface area contributed by atoms with Crippen LogP contribution in [-0.2, 0) is 18.8 Å². The molecule has 2 fully saturated rings. The molecular weight excluding hydrogens is 664 g/mol. The highest BCUT2D eigenvalue weighted by molar-refractivity contribution is 5.94. The van der Waals surface area contributed by atoms with Crippen LogP contribution in [0, 0.1) is 0 Å². The molecule has 2 aromatic heterocycles. The highest BCUT2D eigenvalue weighted by Gasteiger charge is 2.37. The largest absolute Gasteiger partial charge is 0.416 e. The van der Waals surface area contributed by atoms with E-state index in [2.05, 4.69) is 57.7 Å². The maximum absolute atomic E-state index is 13.3. The van der Waals surface area contributed by atoms with Crippen molar-refractivity contribution in [3.05, 3.63) is 71.5 Å². The van der Waals surface area contributed by atoms with E-state index in [1.165, 1.54) is 63.6 Å². The minimum Gasteiger partial charge on any atom is -0.329 e. The van der Waals surface area contributed by atoms with Crippen LogP contribution in [0.2, 0.25) is 0 Å². The molecule has 278 valence electrons. The van der Waals surface area contributed by atoms with Gasteiger partial charge in [0.2, 0.25) is 5.95 Å². The number of halogens is 6. The van der Waals surface area contributed by atoms with E-state index in [9.17, 15) is 26.3 Å². The number of aromatic nitrogens is 3. The van der Waals surface area contributed by atoms with Crippen LogP contribution in [0.3, 0.4) is 0 Å². The van der Waals surface area contributed by atoms with Crippen LogP contribution in [0.1, 0.15) is 121 Å². The van der Waals surface area contributed by atoms with Crippen LogP contribution < -0.4 is 5.32 Å². The van der Waals surface area contributed by atoms with Crippen LogP contribution in [0.15, 0.2) is 54.9 Å². The third kappa shape index (κ3) is 10.1. The van der Waals surface area contributed by atoms with Gasteiger partial charge in [-0.25, -0.2) is 4.98 Å². The molecule has 0 aliphatic heterocycles. The second-order valence-corrected chi connectivity index (χ2v) is 14.0. The molecular formula is C40H51F6N5. The Balaban J connectivity index is 0.000000328. The minimum atomic E-state index is -4.94. The molecule has 2 aliphatic carbocycles. The van der Waals surface area contributed by atoms with Crippen molar-refractivity contribution in [2.45, 2.75) is 129 Å². The van der Waals surface area contributed by atoms with Gasteiger partial charge in [-0.1, -0.05) is 83.6 Å². The molecule has 6 rings (SSSR count). The molecule has 2 saturated carbocycles. The monoisotopic (exact) mass is 715 g/mol. The summed E-state index contributed by atoms with van der Waals surface area (Å²) in [5.74, 6) is -0.0759. The highest BCUT2D eigenvalue weighted by Crippen LogP contribution is 2.39. The Hall–Kier alpha value is -3.60. The molecule has 0 atom stereocenters. The smallest absolute Gasteiger partial charge is 0.329 e. The van der Waals surface area contributed by atoms with Crippen molar-refractivity contribution >= 4 is 22.7 Å². The van der Waals surface area contributed by atoms with Gasteiger partial charge in [0.25, 0.3) is 0 Å². The maximum atomic E-state index is 13.3. The van der Waals surface area contributed by atoms with Gasteiger partial charge >= 0.3 is 12.4 Å². The normalized spacial score (nSPS) is 16.1. The summed E-state index contributed by atoms with van der Waals surface area (Å²) in [7, 11) is 0. The predicted molar refractivity (Wildman–Crippen MR) is 193 cm³/mol. The number of nitrogens with zero attached hydrogens (tertiary/aromatic N) is 4. The van der Waals surface area contributed by atoms with Gasteiger partial charge in [0.05, 0.1) is 11.1 Å². The number of hydrogen-bond donors (Lipinski definition) is 1. The van der Waals surface area contributed by atoms with E-state index < -0.39 is 29.2 Å². The third-order valence-electron chi connectivity index (χ3n) is 10.2. The molecule has 4 aromatic rings. The lowest BCUT2D eigenvalue weighted by Gasteiger charge is -2.28. The second kappa shape index (κ2) is 17.3. The number of alkyl halides is 6. The standard InChI is InChI=1S/C28H26F6N4.C12H25N/c1-2-17-8-10-18(11-9-17)24-16-38(22-6-4-3-5-7-22)25-23(24)15-35-26(37-25)36-21-13-19(27(29,30)31)12-20(14-21)28(32,33)34;1-3-5-11-13(10-4-2)12-8-6-7-9-12/h8-16,22H,2-7H2,1H3,(H,35,36,37);12H,3-11H2,1-2H3. The Morgan fingerprint density at radius 3 is 1.98 bits per heavy atom. The minimum absolute atomic E-state index is 0.0759. The first-order valence-electron chi connectivity index (χ1n) is 18.7. The Bertz CT molecular complexity index is 1650. The summed E-state index contributed by atoms with van der Waals surface area (Å²) in [5.41, 5.74) is 0.506. The lowest BCUT2D eigenvalue weighted by Crippen LogP contribution is -2.34. The molecule has 1 N–H and O–H groups in total. The number of fused-ring (bicyclic) bond motifs is 1. The lowest BCUT2D eigenvalue weighted by molar-refractivity contribution is -0.143. The zero-order chi connectivity index (χ0) is 36.6. The lowest BCUT2D eigenvalue weighted by atomic mass is 9.95. The van der Waals surface area contributed by atoms with Gasteiger partial charge in [0.15, 0.2) is 0 Å². The average Bonchev–Trinajstić information content (AvgIpc) is 3.79. The SMILES string of the molecule is CCCCN(CCC)C1CCCC1.CCc1ccc(-c2cn(C3CCCCC3)c3nc(Nc4cc(C(F)(F)F)cc(C(F)(F)F)c4)ncc23)cc1. The number of nitrogens with one attached hydrogen (secondary N) is 1. The van der Waals surface area contributed by atoms with Crippen LogP contribution >= 0.6 is 0 Å². The molecule has 51 heavy (non-hydrogen) atoms. The summed E-state index contributed by atoms with van der Waals surface area (Å²) in [6.45, 7) is 9.33. The molecule has 0 unspecified atom stereocenters. The number of anilines is 2. The van der Waals surface area contributed by atoms with Gasteiger partial charge in [-0.3, -0.25) is 0 Å². The van der Waals surface area contributed by atoms with Crippen molar-refractivity contribution in [2.24, 2.45) is 0 Å². The van der Waals surface area contributed by atoms with Crippen molar-refractivity contribution in [1.82, 2.24) is 19.4 Å². The van der Waals surface area contributed by atoms with Crippen molar-refractivity contribution < 1.29 is 26.3 Å². The molecule has 2 heterocycles. The Labute approximate surface area is 297 Å². The second-order valence-electron chi connectivity index (χ2n) is 14.0. The van der Waals surface area contributed by atoms with Gasteiger partial charge in [-0.15, -0.1) is 0 Å². The Morgan fingerprint density at radius 1 is 0.784 bits per heavy atom. The summed E-state index contributed by atoms with van der Waals surface area (Å²) in [6, 6.07) is 10.7. The summed E-state index contributed by atoms with van der Waals surface area (Å²) in [6.07, 6.45) is 9.77. The van der Waals surface area contributed by atoms with E-state index in [0.717, 1.165) is 61.1 Å². The fraction of sp³-hybridized carbons (Fsp3) is 0.550. The average molecular weight is 716 g/mol. The fourth-order valence-corrected chi connectivity index (χ4v) is 7.43. The fourth-order valence-electron chi connectivity index (χ4n) is 7.43. The number of aryl methyl sites for hydroxylation is 1. The molecule has 0 bridgehead atoms. The van der Waals surface area contributed by atoms with Crippen molar-refractivity contribution in [2.75, 3.05) is 18.4 Å². The van der Waals surface area contributed by atoms with E-state index in [0.29, 0.717) is 17.8 Å². The molecule has 2 aromatic carbocycles. The first kappa shape index (κ1) is 38.6. The van der Waals surface area contributed by atoms with Crippen molar-refractivity contribution in [3.8, 4) is 11.1 Å². The van der Waals surface area contributed by atoms with Crippen molar-refractivity contribution in [1.29, 1.82) is 0 Å². The number of benzene rings is 2. The van der Waals surface area contributed by atoms with E-state index in [-0.39, 0.29) is 18.1 Å². The Morgan fingerprint density at radius 2 is 1.41 bits per heavy atom. The Kier molecular flexibility index (Phi) is 13.1. The topological polar surface area (TPSA) is 46.0 Å². The maximum Gasteiger partial charge on any atom is 0.416 e. The predicted octanol–water partition coefficient (Wildman–Crippen LogP) is 12.4. The van der Waals surface area contributed by atoms with E-state index in [4.69, 9.17) is 0 Å². The summed E-state index contributed by atoms with van der Waals surface area (Å²) >= 11 is 0. The summed E-state index contributed by atoms with van der Waals surface area (Å²) in [5, 5.41) is 3.35. The third-order valence-corrected chi connectivity index (χ3v) is 10.2. The van der Waals surface area contributed by atoms with Gasteiger partial charge in [-0.05, 0) is 87.4 Å². The molecule has 0 amide bonds. The zero-order valence-electron chi connectivity index (χ0n) is 30.0. The zero-order valence-corrected chi connectivity index (χ0v) is 30.0. The van der Waals surface area contributed by atoms with Crippen LogP contribution in [0.4, 0.5) is 38.0 Å². The highest BCUT2D eigenvalue weighted by atomic mass is 19.4. The molecule has 0 saturated heterocycles. The number of unbranched alkanes of at least 4 members (excludes halogenated alkanes) is 1. The van der Waals surface area contributed by atoms with E-state index in [1.54, 1.807) is 6.20 Å². The van der Waals surface area contributed by atoms with Crippen LogP contribution in [-0.4, -0.2) is 38.6 Å². The van der Waals surface area contributed by atoms with Gasteiger partial charge in [-0.2, -0.15) is 31.3 Å². The molecule has 2 aliphatic rings. The van der Waals surface area contributed by atoms with Gasteiger partial charge < -0.3 is 14.8 Å². The van der Waals surface area contributed by atoms with Gasteiger partial charge in [0.1, 0.15) is 5.65 Å². The van der Waals surface area contributed by atoms with Crippen LogP contribution in [0.5, 0.6) is 0 Å². The van der Waals surface area contributed by atoms with Crippen molar-refractivity contribution in [3.63, 3.8) is 0 Å². The van der Waals surface area contributed by atoms with Crippen LogP contribution in [0.25, 0.3) is 22.2 Å². The molecule has 0 spiro atoms. The molecule has 11 heteroatoms. The summed E-state index contributed by atoms with van der Waals surface area (Å²) in [4.78, 5) is 11.6. The quantitative estimate of drug-likeness (QED) is 0.157. The number of rotatable bonds is 11. The summed E-state index contributed by atoms with van der Waals surface area (Å²) < 4.78 is 82.0. The van der Waals surface area contributed by atoms with Gasteiger partial charge in [0, 0.05) is 41.1 Å². The van der Waals surface area contributed by atoms with E-state index in [1.807, 2.05) is 18.3 Å². The molecule has 5 nitrogen and oxygen atoms in total.